The summed E-state index contributed by atoms with van der Waals surface area (Å²) >= 11 is 0. The van der Waals surface area contributed by atoms with Gasteiger partial charge in [-0.1, -0.05) is 5.16 Å². The van der Waals surface area contributed by atoms with Crippen LogP contribution in [0.4, 0.5) is 5.69 Å². The van der Waals surface area contributed by atoms with Gasteiger partial charge in [0.15, 0.2) is 5.69 Å². The highest BCUT2D eigenvalue weighted by Gasteiger charge is 2.14. The van der Waals surface area contributed by atoms with Gasteiger partial charge in [-0.25, -0.2) is 4.98 Å². The van der Waals surface area contributed by atoms with Crippen LogP contribution in [-0.2, 0) is 11.3 Å². The second-order valence-corrected chi connectivity index (χ2v) is 6.25. The van der Waals surface area contributed by atoms with Crippen molar-refractivity contribution in [1.29, 1.82) is 0 Å². The summed E-state index contributed by atoms with van der Waals surface area (Å²) in [6.45, 7) is 6.51. The Morgan fingerprint density at radius 2 is 1.96 bits per heavy atom. The highest BCUT2D eigenvalue weighted by molar-refractivity contribution is 6.03. The molecule has 0 bridgehead atoms. The monoisotopic (exact) mass is 383 g/mol. The molecule has 0 saturated carbocycles. The van der Waals surface area contributed by atoms with E-state index in [0.29, 0.717) is 35.4 Å². The van der Waals surface area contributed by atoms with Gasteiger partial charge < -0.3 is 14.7 Å². The minimum Gasteiger partial charge on any atom is -0.361 e. The molecule has 0 fully saturated rings. The van der Waals surface area contributed by atoms with E-state index in [9.17, 15) is 14.4 Å². The molecule has 9 nitrogen and oxygen atoms in total. The topological polar surface area (TPSA) is 110 Å². The van der Waals surface area contributed by atoms with Crippen LogP contribution in [0.3, 0.4) is 0 Å². The van der Waals surface area contributed by atoms with Gasteiger partial charge in [0, 0.05) is 24.8 Å². The lowest BCUT2D eigenvalue weighted by Crippen LogP contribution is -2.36. The normalized spacial score (nSPS) is 10.8. The number of fused-ring (bicyclic) bond motifs is 1. The van der Waals surface area contributed by atoms with Gasteiger partial charge in [0.1, 0.15) is 12.3 Å². The number of likely N-dealkylation sites (N-methyl/N-ethyl adjacent to an activating group) is 1. The third kappa shape index (κ3) is 3.93. The Morgan fingerprint density at radius 3 is 2.61 bits per heavy atom. The first kappa shape index (κ1) is 19.3. The van der Waals surface area contributed by atoms with E-state index < -0.39 is 5.91 Å². The zero-order valence-corrected chi connectivity index (χ0v) is 15.9. The average Bonchev–Trinajstić information content (AvgIpc) is 3.12. The van der Waals surface area contributed by atoms with Crippen molar-refractivity contribution in [3.8, 4) is 0 Å². The van der Waals surface area contributed by atoms with Crippen molar-refractivity contribution in [2.45, 2.75) is 27.3 Å². The van der Waals surface area contributed by atoms with E-state index in [1.54, 1.807) is 24.0 Å². The van der Waals surface area contributed by atoms with Crippen LogP contribution in [0.15, 0.2) is 39.9 Å². The highest BCUT2D eigenvalue weighted by atomic mass is 16.5. The number of nitrogens with zero attached hydrogens (tertiary/aromatic N) is 4. The van der Waals surface area contributed by atoms with Gasteiger partial charge in [-0.3, -0.25) is 19.0 Å². The minimum absolute atomic E-state index is 0.0851. The molecule has 0 aliphatic heterocycles. The van der Waals surface area contributed by atoms with E-state index >= 15 is 0 Å². The molecular formula is C19H21N5O4. The first-order chi connectivity index (χ1) is 13.4. The fraction of sp³-hybridized carbons (Fsp3) is 0.316. The van der Waals surface area contributed by atoms with Crippen molar-refractivity contribution >= 4 is 28.4 Å². The lowest BCUT2D eigenvalue weighted by molar-refractivity contribution is -0.131. The third-order valence-electron chi connectivity index (χ3n) is 4.36. The summed E-state index contributed by atoms with van der Waals surface area (Å²) in [7, 11) is 0. The lowest BCUT2D eigenvalue weighted by Gasteiger charge is -2.19. The molecule has 0 atom stereocenters. The first-order valence-corrected chi connectivity index (χ1v) is 8.94. The number of nitrogens with one attached hydrogen (secondary N) is 1. The zero-order valence-electron chi connectivity index (χ0n) is 15.9. The molecular weight excluding hydrogens is 362 g/mol. The maximum Gasteiger partial charge on any atom is 0.277 e. The fourth-order valence-corrected chi connectivity index (χ4v) is 2.84. The van der Waals surface area contributed by atoms with Crippen LogP contribution in [0.5, 0.6) is 0 Å². The smallest absolute Gasteiger partial charge is 0.277 e. The SMILES string of the molecule is CCN(CC)C(=O)Cn1cnc2ccc(NC(=O)c3cc(C)on3)cc2c1=O. The van der Waals surface area contributed by atoms with Crippen LogP contribution >= 0.6 is 0 Å². The summed E-state index contributed by atoms with van der Waals surface area (Å²) in [6, 6.07) is 6.33. The Bertz CT molecular complexity index is 1080. The van der Waals surface area contributed by atoms with Crippen molar-refractivity contribution in [3.63, 3.8) is 0 Å². The summed E-state index contributed by atoms with van der Waals surface area (Å²) in [5.74, 6) is -0.0788. The van der Waals surface area contributed by atoms with Crippen LogP contribution in [0.1, 0.15) is 30.1 Å². The molecule has 1 N–H and O–H groups in total. The molecule has 2 amide bonds. The number of benzene rings is 1. The zero-order chi connectivity index (χ0) is 20.3. The number of hydrogen-bond acceptors (Lipinski definition) is 6. The number of amides is 2. The van der Waals surface area contributed by atoms with Crippen molar-refractivity contribution in [1.82, 2.24) is 19.6 Å². The summed E-state index contributed by atoms with van der Waals surface area (Å²) in [5, 5.41) is 6.65. The van der Waals surface area contributed by atoms with Gasteiger partial charge >= 0.3 is 0 Å². The Morgan fingerprint density at radius 1 is 1.21 bits per heavy atom. The van der Waals surface area contributed by atoms with Crippen molar-refractivity contribution < 1.29 is 14.1 Å². The Balaban J connectivity index is 1.88. The van der Waals surface area contributed by atoms with E-state index in [4.69, 9.17) is 4.52 Å². The molecule has 0 spiro atoms. The van der Waals surface area contributed by atoms with Crippen LogP contribution in [0.2, 0.25) is 0 Å². The molecule has 0 aliphatic carbocycles. The van der Waals surface area contributed by atoms with Crippen molar-refractivity contribution in [3.05, 3.63) is 52.4 Å². The summed E-state index contributed by atoms with van der Waals surface area (Å²) in [5.41, 5.74) is 0.696. The Hall–Kier alpha value is -3.49. The molecule has 2 heterocycles. The van der Waals surface area contributed by atoms with E-state index in [2.05, 4.69) is 15.5 Å². The second kappa shape index (κ2) is 8.03. The number of aryl methyl sites for hydroxylation is 1. The average molecular weight is 383 g/mol. The number of hydrogen-bond donors (Lipinski definition) is 1. The Kier molecular flexibility index (Phi) is 5.53. The van der Waals surface area contributed by atoms with Crippen LogP contribution in [0, 0.1) is 6.92 Å². The summed E-state index contributed by atoms with van der Waals surface area (Å²) < 4.78 is 6.17. The maximum atomic E-state index is 12.8. The summed E-state index contributed by atoms with van der Waals surface area (Å²) in [6.07, 6.45) is 1.36. The van der Waals surface area contributed by atoms with E-state index in [0.717, 1.165) is 0 Å². The predicted octanol–water partition coefficient (Wildman–Crippen LogP) is 1.81. The molecule has 146 valence electrons. The molecule has 3 rings (SSSR count). The van der Waals surface area contributed by atoms with Crippen LogP contribution < -0.4 is 10.9 Å². The predicted molar refractivity (Wildman–Crippen MR) is 103 cm³/mol. The number of rotatable bonds is 6. The lowest BCUT2D eigenvalue weighted by atomic mass is 10.2. The quantitative estimate of drug-likeness (QED) is 0.695. The van der Waals surface area contributed by atoms with E-state index in [1.165, 1.54) is 23.0 Å². The first-order valence-electron chi connectivity index (χ1n) is 8.94. The van der Waals surface area contributed by atoms with Gasteiger partial charge in [-0.15, -0.1) is 0 Å². The molecule has 9 heteroatoms. The third-order valence-corrected chi connectivity index (χ3v) is 4.36. The van der Waals surface area contributed by atoms with Crippen molar-refractivity contribution in [2.24, 2.45) is 0 Å². The number of anilines is 1. The minimum atomic E-state index is -0.447. The molecule has 2 aromatic heterocycles. The van der Waals surface area contributed by atoms with E-state index in [-0.39, 0.29) is 23.7 Å². The fourth-order valence-electron chi connectivity index (χ4n) is 2.84. The van der Waals surface area contributed by atoms with Gasteiger partial charge in [0.25, 0.3) is 11.5 Å². The second-order valence-electron chi connectivity index (χ2n) is 6.25. The van der Waals surface area contributed by atoms with Crippen LogP contribution in [0.25, 0.3) is 10.9 Å². The number of carbonyl (C=O) groups is 2. The number of carbonyl (C=O) groups excluding carboxylic acids is 2. The molecule has 1 aromatic carbocycles. The van der Waals surface area contributed by atoms with Crippen LogP contribution in [-0.4, -0.2) is 44.5 Å². The molecule has 0 radical (unpaired) electrons. The van der Waals surface area contributed by atoms with Crippen molar-refractivity contribution in [2.75, 3.05) is 18.4 Å². The molecule has 3 aromatic rings. The molecule has 0 saturated heterocycles. The van der Waals surface area contributed by atoms with Gasteiger partial charge in [0.2, 0.25) is 5.91 Å². The Labute approximate surface area is 160 Å². The molecule has 0 unspecified atom stereocenters. The summed E-state index contributed by atoms with van der Waals surface area (Å²) in [4.78, 5) is 43.2. The van der Waals surface area contributed by atoms with Gasteiger partial charge in [-0.05, 0) is 39.0 Å². The largest absolute Gasteiger partial charge is 0.361 e. The highest BCUT2D eigenvalue weighted by Crippen LogP contribution is 2.15. The molecule has 0 aliphatic rings. The van der Waals surface area contributed by atoms with Gasteiger partial charge in [0.05, 0.1) is 17.2 Å². The standard InChI is InChI=1S/C19H21N5O4/c1-4-23(5-2)17(25)10-24-11-20-15-7-6-13(9-14(15)19(24)27)21-18(26)16-8-12(3)28-22-16/h6-9,11H,4-5,10H2,1-3H3,(H,21,26). The number of aromatic nitrogens is 3. The van der Waals surface area contributed by atoms with Gasteiger partial charge in [-0.2, -0.15) is 0 Å². The van der Waals surface area contributed by atoms with E-state index in [1.807, 2.05) is 13.8 Å². The molecule has 28 heavy (non-hydrogen) atoms. The maximum absolute atomic E-state index is 12.8.